The largest absolute Gasteiger partial charge is 0.481 e. The Kier molecular flexibility index (Phi) is 9.71. The van der Waals surface area contributed by atoms with Crippen LogP contribution in [0.4, 0.5) is 0 Å². The van der Waals surface area contributed by atoms with Crippen molar-refractivity contribution in [1.29, 1.82) is 0 Å². The lowest BCUT2D eigenvalue weighted by Crippen LogP contribution is -2.59. The first-order chi connectivity index (χ1) is 21.3. The molecule has 0 radical (unpaired) electrons. The lowest BCUT2D eigenvalue weighted by Gasteiger charge is -2.55. The zero-order valence-electron chi connectivity index (χ0n) is 26.9. The van der Waals surface area contributed by atoms with Crippen molar-refractivity contribution in [3.8, 4) is 0 Å². The number of oxime groups is 1. The molecule has 2 aliphatic carbocycles. The van der Waals surface area contributed by atoms with E-state index < -0.39 is 5.97 Å². The van der Waals surface area contributed by atoms with Gasteiger partial charge in [-0.1, -0.05) is 30.6 Å². The highest BCUT2D eigenvalue weighted by Crippen LogP contribution is 2.48. The number of para-hydroxylation sites is 2. The van der Waals surface area contributed by atoms with Crippen LogP contribution in [0.1, 0.15) is 102 Å². The summed E-state index contributed by atoms with van der Waals surface area (Å²) in [6, 6.07) is 9.62. The summed E-state index contributed by atoms with van der Waals surface area (Å²) in [5, 5.41) is 13.8. The Balaban J connectivity index is 1.30. The molecule has 0 amide bonds. The molecule has 3 unspecified atom stereocenters. The second kappa shape index (κ2) is 13.7. The Labute approximate surface area is 261 Å². The fourth-order valence-corrected chi connectivity index (χ4v) is 9.29. The molecule has 7 atom stereocenters. The lowest BCUT2D eigenvalue weighted by molar-refractivity contribution is -0.136. The maximum Gasteiger partial charge on any atom is 0.303 e. The van der Waals surface area contributed by atoms with Gasteiger partial charge in [0.2, 0.25) is 0 Å². The van der Waals surface area contributed by atoms with Crippen molar-refractivity contribution in [2.45, 2.75) is 115 Å². The molecule has 240 valence electrons. The quantitative estimate of drug-likeness (QED) is 0.199. The van der Waals surface area contributed by atoms with Gasteiger partial charge in [-0.15, -0.1) is 0 Å². The van der Waals surface area contributed by atoms with Gasteiger partial charge in [-0.05, 0) is 108 Å². The topological polar surface area (TPSA) is 100 Å². The van der Waals surface area contributed by atoms with Gasteiger partial charge in [-0.3, -0.25) is 14.5 Å². The minimum absolute atomic E-state index is 0.0746. The molecule has 3 heterocycles. The summed E-state index contributed by atoms with van der Waals surface area (Å²) in [7, 11) is 4.00. The van der Waals surface area contributed by atoms with E-state index in [1.165, 1.54) is 51.4 Å². The predicted octanol–water partition coefficient (Wildman–Crippen LogP) is 5.71. The van der Waals surface area contributed by atoms with Crippen molar-refractivity contribution in [2.75, 3.05) is 27.2 Å². The second-order valence-electron chi connectivity index (χ2n) is 14.5. The van der Waals surface area contributed by atoms with Gasteiger partial charge in [0, 0.05) is 37.1 Å². The van der Waals surface area contributed by atoms with Crippen molar-refractivity contribution < 1.29 is 14.7 Å². The Hall–Kier alpha value is -2.78. The number of benzene rings is 1. The van der Waals surface area contributed by atoms with E-state index in [9.17, 15) is 14.7 Å². The van der Waals surface area contributed by atoms with Crippen molar-refractivity contribution in [1.82, 2.24) is 19.4 Å². The van der Waals surface area contributed by atoms with E-state index in [0.717, 1.165) is 54.6 Å². The highest BCUT2D eigenvalue weighted by molar-refractivity contribution is 6.00. The van der Waals surface area contributed by atoms with Crippen LogP contribution in [0.25, 0.3) is 11.0 Å². The number of aromatic nitrogens is 2. The fourth-order valence-electron chi connectivity index (χ4n) is 9.29. The summed E-state index contributed by atoms with van der Waals surface area (Å²) in [4.78, 5) is 41.4. The first-order valence-electron chi connectivity index (χ1n) is 17.1. The van der Waals surface area contributed by atoms with Crippen LogP contribution in [-0.2, 0) is 9.63 Å². The SMILES string of the molecule is CC1C[C@@H]2CC(N3[C@@H]4CCC[C@H]3CC(n3c(=O)c(C(CCC(=O)O)=NOCCCN(C)C)nc5ccccc53)C4)C[C@H](C1)C2. The molecule has 1 N–H and O–H groups in total. The minimum atomic E-state index is -0.937. The van der Waals surface area contributed by atoms with Gasteiger partial charge < -0.3 is 19.4 Å². The number of carbonyl (C=O) groups is 1. The summed E-state index contributed by atoms with van der Waals surface area (Å²) in [5.74, 6) is 1.69. The molecule has 0 spiro atoms. The Morgan fingerprint density at radius 1 is 0.977 bits per heavy atom. The van der Waals surface area contributed by atoms with Crippen LogP contribution in [0.5, 0.6) is 0 Å². The van der Waals surface area contributed by atoms with E-state index >= 15 is 0 Å². The smallest absolute Gasteiger partial charge is 0.303 e. The molecular formula is C35H51N5O4. The molecule has 9 nitrogen and oxygen atoms in total. The molecule has 44 heavy (non-hydrogen) atoms. The number of aliphatic carboxylic acids is 1. The maximum absolute atomic E-state index is 14.4. The van der Waals surface area contributed by atoms with E-state index in [1.807, 2.05) is 42.9 Å². The molecule has 2 saturated carbocycles. The standard InChI is InChI=1S/C35H51N5O4/c1-23-16-24-18-25(17-23)20-28(19-24)39-26-8-6-9-27(39)22-29(21-26)40-32-11-5-4-10-30(32)36-34(35(40)43)31(12-13-33(41)42)37-44-15-7-14-38(2)3/h4-5,10-11,23-29H,6-9,12-22H2,1-3H3,(H,41,42)/t23?,24-,25+,26-,27+,28?,29?. The predicted molar refractivity (Wildman–Crippen MR) is 173 cm³/mol. The van der Waals surface area contributed by atoms with Crippen LogP contribution in [0, 0.1) is 17.8 Å². The summed E-state index contributed by atoms with van der Waals surface area (Å²) in [6.07, 6.45) is 13.2. The molecule has 6 rings (SSSR count). The molecule has 4 bridgehead atoms. The van der Waals surface area contributed by atoms with E-state index in [0.29, 0.717) is 30.4 Å². The van der Waals surface area contributed by atoms with Gasteiger partial charge in [-0.2, -0.15) is 0 Å². The van der Waals surface area contributed by atoms with Crippen molar-refractivity contribution in [3.05, 3.63) is 40.3 Å². The van der Waals surface area contributed by atoms with Crippen LogP contribution < -0.4 is 5.56 Å². The molecule has 1 aromatic heterocycles. The van der Waals surface area contributed by atoms with Crippen molar-refractivity contribution in [3.63, 3.8) is 0 Å². The number of hydrogen-bond donors (Lipinski definition) is 1. The number of carboxylic acid groups (broad SMARTS) is 1. The third-order valence-electron chi connectivity index (χ3n) is 10.8. The van der Waals surface area contributed by atoms with Gasteiger partial charge in [0.15, 0.2) is 5.69 Å². The molecule has 2 aromatic rings. The van der Waals surface area contributed by atoms with Gasteiger partial charge >= 0.3 is 5.97 Å². The number of piperidine rings is 2. The van der Waals surface area contributed by atoms with Crippen LogP contribution in [0.3, 0.4) is 0 Å². The second-order valence-corrected chi connectivity index (χ2v) is 14.5. The van der Waals surface area contributed by atoms with Crippen molar-refractivity contribution in [2.24, 2.45) is 22.9 Å². The third kappa shape index (κ3) is 6.89. The first kappa shape index (κ1) is 31.2. The summed E-state index contributed by atoms with van der Waals surface area (Å²) in [6.45, 7) is 3.68. The van der Waals surface area contributed by atoms with Gasteiger partial charge in [-0.25, -0.2) is 4.98 Å². The average Bonchev–Trinajstić information content (AvgIpc) is 2.97. The highest BCUT2D eigenvalue weighted by atomic mass is 16.6. The molecule has 2 aliphatic heterocycles. The minimum Gasteiger partial charge on any atom is -0.481 e. The first-order valence-corrected chi connectivity index (χ1v) is 17.1. The normalized spacial score (nSPS) is 30.9. The Morgan fingerprint density at radius 3 is 2.36 bits per heavy atom. The Morgan fingerprint density at radius 2 is 1.68 bits per heavy atom. The summed E-state index contributed by atoms with van der Waals surface area (Å²) in [5.41, 5.74) is 1.95. The summed E-state index contributed by atoms with van der Waals surface area (Å²) >= 11 is 0. The molecule has 4 fully saturated rings. The zero-order valence-corrected chi connectivity index (χ0v) is 26.9. The number of carboxylic acids is 1. The zero-order chi connectivity index (χ0) is 30.8. The summed E-state index contributed by atoms with van der Waals surface area (Å²) < 4.78 is 1.99. The number of nitrogens with zero attached hydrogens (tertiary/aromatic N) is 5. The average molecular weight is 606 g/mol. The van der Waals surface area contributed by atoms with Gasteiger partial charge in [0.05, 0.1) is 17.5 Å². The highest BCUT2D eigenvalue weighted by Gasteiger charge is 2.46. The van der Waals surface area contributed by atoms with Gasteiger partial charge in [0.25, 0.3) is 5.56 Å². The van der Waals surface area contributed by atoms with E-state index in [1.54, 1.807) is 0 Å². The third-order valence-corrected chi connectivity index (χ3v) is 10.8. The molecule has 2 saturated heterocycles. The maximum atomic E-state index is 14.4. The van der Waals surface area contributed by atoms with E-state index in [4.69, 9.17) is 9.82 Å². The Bertz CT molecular complexity index is 1370. The van der Waals surface area contributed by atoms with Crippen molar-refractivity contribution >= 4 is 22.7 Å². The molecule has 4 aliphatic rings. The number of rotatable bonds is 11. The number of fused-ring (bicyclic) bond motifs is 5. The fraction of sp³-hybridized carbons (Fsp3) is 0.714. The van der Waals surface area contributed by atoms with Crippen LogP contribution in [0.15, 0.2) is 34.2 Å². The van der Waals surface area contributed by atoms with E-state index in [2.05, 4.69) is 21.9 Å². The van der Waals surface area contributed by atoms with Gasteiger partial charge in [0.1, 0.15) is 12.3 Å². The molecule has 9 heteroatoms. The molecule has 1 aromatic carbocycles. The monoisotopic (exact) mass is 605 g/mol. The van der Waals surface area contributed by atoms with Crippen LogP contribution in [-0.4, -0.2) is 81.5 Å². The number of hydrogen-bond acceptors (Lipinski definition) is 7. The lowest BCUT2D eigenvalue weighted by atomic mass is 9.65. The molecular weight excluding hydrogens is 554 g/mol. The van der Waals surface area contributed by atoms with Crippen LogP contribution in [0.2, 0.25) is 0 Å². The van der Waals surface area contributed by atoms with Crippen LogP contribution >= 0.6 is 0 Å². The van der Waals surface area contributed by atoms with E-state index in [-0.39, 0.29) is 30.1 Å².